The molecule has 0 spiro atoms. The van der Waals surface area contributed by atoms with E-state index in [4.69, 9.17) is 0 Å². The molecule has 10 heavy (non-hydrogen) atoms. The number of rotatable bonds is 3. The van der Waals surface area contributed by atoms with Gasteiger partial charge in [0.2, 0.25) is 0 Å². The van der Waals surface area contributed by atoms with Crippen molar-refractivity contribution in [3.63, 3.8) is 0 Å². The van der Waals surface area contributed by atoms with Crippen LogP contribution in [0.3, 0.4) is 0 Å². The van der Waals surface area contributed by atoms with Gasteiger partial charge in [-0.15, -0.1) is 0 Å². The summed E-state index contributed by atoms with van der Waals surface area (Å²) in [4.78, 5) is 0. The van der Waals surface area contributed by atoms with Gasteiger partial charge in [0, 0.05) is 12.2 Å². The van der Waals surface area contributed by atoms with Crippen LogP contribution < -0.4 is 29.6 Å². The average molecular weight is 201 g/mol. The molecule has 1 atom stereocenters. The van der Waals surface area contributed by atoms with E-state index in [2.05, 4.69) is 11.6 Å². The topological polar surface area (TPSA) is 40.1 Å². The summed E-state index contributed by atoms with van der Waals surface area (Å²) in [7, 11) is 0. The zero-order valence-corrected chi connectivity index (χ0v) is 8.85. The van der Waals surface area contributed by atoms with E-state index < -0.39 is 28.6 Å². The third-order valence-corrected chi connectivity index (χ3v) is 1.28. The van der Waals surface area contributed by atoms with E-state index >= 15 is 0 Å². The van der Waals surface area contributed by atoms with Gasteiger partial charge >= 0.3 is 34.9 Å². The van der Waals surface area contributed by atoms with E-state index in [0.29, 0.717) is 0 Å². The predicted molar refractivity (Wildman–Crippen MR) is 29.2 cm³/mol. The minimum atomic E-state index is -3.39. The van der Waals surface area contributed by atoms with Crippen LogP contribution in [-0.2, 0) is 11.1 Å². The number of alkyl halides is 3. The Bertz CT molecular complexity index is 118. The van der Waals surface area contributed by atoms with Crippen molar-refractivity contribution in [2.45, 2.75) is 11.8 Å². The van der Waals surface area contributed by atoms with Gasteiger partial charge in [0.25, 0.3) is 0 Å². The Balaban J connectivity index is 0. The zero-order valence-electron chi connectivity index (χ0n) is 5.27. The second-order valence-corrected chi connectivity index (χ2v) is 2.94. The van der Waals surface area contributed by atoms with Crippen LogP contribution in [0, 0.1) is 0 Å². The molecule has 0 saturated carbocycles. The molecule has 0 rings (SSSR count). The molecule has 0 aromatic carbocycles. The molecular formula is C3H4ClF2NaO2S. The Morgan fingerprint density at radius 2 is 2.00 bits per heavy atom. The van der Waals surface area contributed by atoms with Crippen LogP contribution in [0.15, 0.2) is 0 Å². The standard InChI is InChI=1S/C3H5ClF2O2S.Na/c4-3(5,6)1-2-9(7)8;/h1-2H2,(H,7,8);/q;+1/p-1. The van der Waals surface area contributed by atoms with Crippen LogP contribution in [0.2, 0.25) is 0 Å². The Kier molecular flexibility index (Phi) is 8.09. The molecule has 0 fully saturated rings. The Morgan fingerprint density at radius 3 is 2.10 bits per heavy atom. The van der Waals surface area contributed by atoms with E-state index in [0.717, 1.165) is 0 Å². The molecule has 7 heteroatoms. The third-order valence-electron chi connectivity index (χ3n) is 0.552. The number of hydrogen-bond donors (Lipinski definition) is 0. The minimum Gasteiger partial charge on any atom is -0.772 e. The first-order valence-electron chi connectivity index (χ1n) is 2.04. The summed E-state index contributed by atoms with van der Waals surface area (Å²) in [5.41, 5.74) is 0. The first-order valence-corrected chi connectivity index (χ1v) is 3.66. The van der Waals surface area contributed by atoms with Crippen LogP contribution in [0.1, 0.15) is 6.42 Å². The molecule has 0 aliphatic rings. The maximum Gasteiger partial charge on any atom is 1.00 e. The summed E-state index contributed by atoms with van der Waals surface area (Å²) >= 11 is 1.94. The molecule has 0 aromatic heterocycles. The van der Waals surface area contributed by atoms with Gasteiger partial charge in [-0.2, -0.15) is 8.78 Å². The van der Waals surface area contributed by atoms with Gasteiger partial charge in [-0.1, -0.05) is 11.1 Å². The zero-order chi connectivity index (χ0) is 7.49. The van der Waals surface area contributed by atoms with E-state index in [-0.39, 0.29) is 29.6 Å². The summed E-state index contributed by atoms with van der Waals surface area (Å²) < 4.78 is 42.5. The fourth-order valence-electron chi connectivity index (χ4n) is 0.199. The summed E-state index contributed by atoms with van der Waals surface area (Å²) in [6, 6.07) is 0. The van der Waals surface area contributed by atoms with Gasteiger partial charge < -0.3 is 4.55 Å². The van der Waals surface area contributed by atoms with Gasteiger partial charge in [-0.05, 0) is 11.6 Å². The van der Waals surface area contributed by atoms with E-state index in [9.17, 15) is 17.5 Å². The van der Waals surface area contributed by atoms with Crippen LogP contribution in [0.25, 0.3) is 0 Å². The normalized spacial score (nSPS) is 14.0. The molecule has 0 aromatic rings. The van der Waals surface area contributed by atoms with Crippen LogP contribution >= 0.6 is 11.6 Å². The fraction of sp³-hybridized carbons (Fsp3) is 1.00. The van der Waals surface area contributed by atoms with Gasteiger partial charge in [-0.25, -0.2) is 0 Å². The Hall–Kier alpha value is 1.26. The maximum atomic E-state index is 11.6. The van der Waals surface area contributed by atoms with E-state index in [1.165, 1.54) is 0 Å². The summed E-state index contributed by atoms with van der Waals surface area (Å²) in [5.74, 6) is -0.601. The molecule has 0 amide bonds. The summed E-state index contributed by atoms with van der Waals surface area (Å²) in [6.07, 6.45) is -0.829. The largest absolute Gasteiger partial charge is 1.00 e. The molecule has 0 aliphatic carbocycles. The molecule has 56 valence electrons. The smallest absolute Gasteiger partial charge is 0.772 e. The number of halogens is 3. The molecule has 0 aliphatic heterocycles. The summed E-state index contributed by atoms with van der Waals surface area (Å²) in [6.45, 7) is 0. The maximum absolute atomic E-state index is 11.6. The Labute approximate surface area is 86.9 Å². The van der Waals surface area contributed by atoms with Gasteiger partial charge in [0.1, 0.15) is 0 Å². The van der Waals surface area contributed by atoms with Crippen molar-refractivity contribution in [2.75, 3.05) is 5.75 Å². The van der Waals surface area contributed by atoms with Gasteiger partial charge in [0.15, 0.2) is 0 Å². The van der Waals surface area contributed by atoms with Gasteiger partial charge in [0.05, 0.1) is 0 Å². The molecule has 0 bridgehead atoms. The van der Waals surface area contributed by atoms with Crippen LogP contribution in [0.5, 0.6) is 0 Å². The van der Waals surface area contributed by atoms with Crippen LogP contribution in [0.4, 0.5) is 8.78 Å². The van der Waals surface area contributed by atoms with E-state index in [1.54, 1.807) is 0 Å². The van der Waals surface area contributed by atoms with Crippen molar-refractivity contribution < 1.29 is 47.1 Å². The SMILES string of the molecule is O=S([O-])CCC(F)(F)Cl.[Na+]. The second-order valence-electron chi connectivity index (χ2n) is 1.37. The van der Waals surface area contributed by atoms with Crippen molar-refractivity contribution in [1.82, 2.24) is 0 Å². The predicted octanol–water partition coefficient (Wildman–Crippen LogP) is -1.91. The monoisotopic (exact) mass is 200 g/mol. The first kappa shape index (κ1) is 13.8. The second kappa shape index (κ2) is 5.85. The Morgan fingerprint density at radius 1 is 1.60 bits per heavy atom. The number of hydrogen-bond acceptors (Lipinski definition) is 2. The minimum absolute atomic E-state index is 0. The van der Waals surface area contributed by atoms with Crippen molar-refractivity contribution in [2.24, 2.45) is 0 Å². The molecule has 0 heterocycles. The third kappa shape index (κ3) is 12.0. The van der Waals surface area contributed by atoms with Crippen LogP contribution in [-0.4, -0.2) is 19.9 Å². The van der Waals surface area contributed by atoms with Gasteiger partial charge in [-0.3, -0.25) is 4.21 Å². The van der Waals surface area contributed by atoms with E-state index in [1.807, 2.05) is 0 Å². The van der Waals surface area contributed by atoms with Crippen molar-refractivity contribution in [3.8, 4) is 0 Å². The van der Waals surface area contributed by atoms with Crippen molar-refractivity contribution in [3.05, 3.63) is 0 Å². The average Bonchev–Trinajstić information content (AvgIpc) is 1.59. The first-order chi connectivity index (χ1) is 3.92. The van der Waals surface area contributed by atoms with Crippen molar-refractivity contribution >= 4 is 22.7 Å². The molecule has 0 N–H and O–H groups in total. The summed E-state index contributed by atoms with van der Waals surface area (Å²) in [5, 5.41) is -3.39. The van der Waals surface area contributed by atoms with Crippen molar-refractivity contribution in [1.29, 1.82) is 0 Å². The fourth-order valence-corrected chi connectivity index (χ4v) is 0.829. The molecule has 1 unspecified atom stereocenters. The molecular weight excluding hydrogens is 197 g/mol. The molecule has 0 radical (unpaired) electrons. The quantitative estimate of drug-likeness (QED) is 0.303. The molecule has 2 nitrogen and oxygen atoms in total. The molecule has 0 saturated heterocycles.